The van der Waals surface area contributed by atoms with Crippen molar-refractivity contribution in [1.82, 2.24) is 10.2 Å². The number of aromatic nitrogens is 2. The summed E-state index contributed by atoms with van der Waals surface area (Å²) < 4.78 is 0.537. The molecule has 94 valence electrons. The highest BCUT2D eigenvalue weighted by Crippen LogP contribution is 2.28. The van der Waals surface area contributed by atoms with Gasteiger partial charge in [0.05, 0.1) is 11.9 Å². The van der Waals surface area contributed by atoms with Crippen molar-refractivity contribution in [3.05, 3.63) is 21.0 Å². The highest BCUT2D eigenvalue weighted by Gasteiger charge is 2.20. The van der Waals surface area contributed by atoms with Crippen molar-refractivity contribution in [3.63, 3.8) is 0 Å². The molecule has 1 saturated carbocycles. The highest BCUT2D eigenvalue weighted by molar-refractivity contribution is 9.10. The molecule has 0 saturated heterocycles. The zero-order chi connectivity index (χ0) is 12.3. The summed E-state index contributed by atoms with van der Waals surface area (Å²) in [6.07, 6.45) is 8.23. The monoisotopic (exact) mass is 299 g/mol. The van der Waals surface area contributed by atoms with Crippen LogP contribution < -0.4 is 10.9 Å². The van der Waals surface area contributed by atoms with Crippen molar-refractivity contribution in [2.24, 2.45) is 5.92 Å². The van der Waals surface area contributed by atoms with Gasteiger partial charge in [-0.2, -0.15) is 5.10 Å². The van der Waals surface area contributed by atoms with Crippen LogP contribution in [0.3, 0.4) is 0 Å². The van der Waals surface area contributed by atoms with Crippen molar-refractivity contribution in [2.75, 3.05) is 5.32 Å². The van der Waals surface area contributed by atoms with E-state index in [0.717, 1.165) is 5.69 Å². The number of hydrogen-bond acceptors (Lipinski definition) is 3. The molecule has 1 fully saturated rings. The maximum absolute atomic E-state index is 11.4. The van der Waals surface area contributed by atoms with Gasteiger partial charge in [0.25, 0.3) is 5.56 Å². The molecular formula is C12H18BrN3O. The normalized spacial score (nSPS) is 18.9. The molecule has 1 heterocycles. The molecule has 1 aliphatic rings. The van der Waals surface area contributed by atoms with Gasteiger partial charge in [-0.3, -0.25) is 4.79 Å². The van der Waals surface area contributed by atoms with Gasteiger partial charge in [-0.15, -0.1) is 0 Å². The Hall–Kier alpha value is -0.840. The van der Waals surface area contributed by atoms with Crippen LogP contribution in [0, 0.1) is 5.92 Å². The van der Waals surface area contributed by atoms with Crippen LogP contribution in [0.2, 0.25) is 0 Å². The summed E-state index contributed by atoms with van der Waals surface area (Å²) in [5.41, 5.74) is 0.595. The first-order chi connectivity index (χ1) is 8.18. The van der Waals surface area contributed by atoms with Gasteiger partial charge in [0, 0.05) is 6.04 Å². The minimum absolute atomic E-state index is 0.189. The maximum atomic E-state index is 11.4. The average molecular weight is 300 g/mol. The standard InChI is InChI=1S/C12H18BrN3O/c1-8(9-5-3-2-4-6-9)15-10-7-14-16-12(17)11(10)13/h7-9H,2-6H2,1H3,(H2,15,16,17). The Morgan fingerprint density at radius 1 is 1.47 bits per heavy atom. The predicted octanol–water partition coefficient (Wildman–Crippen LogP) is 2.91. The van der Waals surface area contributed by atoms with Gasteiger partial charge in [0.2, 0.25) is 0 Å². The van der Waals surface area contributed by atoms with Gasteiger partial charge in [-0.1, -0.05) is 19.3 Å². The lowest BCUT2D eigenvalue weighted by atomic mass is 9.84. The molecule has 0 aromatic carbocycles. The van der Waals surface area contributed by atoms with Crippen molar-refractivity contribution >= 4 is 21.6 Å². The lowest BCUT2D eigenvalue weighted by Crippen LogP contribution is -2.28. The molecule has 2 rings (SSSR count). The summed E-state index contributed by atoms with van der Waals surface area (Å²) in [7, 11) is 0. The second-order valence-corrected chi connectivity index (χ2v) is 5.55. The first kappa shape index (κ1) is 12.6. The van der Waals surface area contributed by atoms with Crippen molar-refractivity contribution in [2.45, 2.75) is 45.1 Å². The van der Waals surface area contributed by atoms with Crippen molar-refractivity contribution in [1.29, 1.82) is 0 Å². The number of nitrogens with one attached hydrogen (secondary N) is 2. The van der Waals surface area contributed by atoms with E-state index in [4.69, 9.17) is 0 Å². The molecule has 17 heavy (non-hydrogen) atoms. The summed E-state index contributed by atoms with van der Waals surface area (Å²) in [6.45, 7) is 2.18. The van der Waals surface area contributed by atoms with Crippen LogP contribution in [0.15, 0.2) is 15.5 Å². The topological polar surface area (TPSA) is 57.8 Å². The number of aromatic amines is 1. The highest BCUT2D eigenvalue weighted by atomic mass is 79.9. The van der Waals surface area contributed by atoms with E-state index in [2.05, 4.69) is 38.4 Å². The Balaban J connectivity index is 2.04. The van der Waals surface area contributed by atoms with Gasteiger partial charge < -0.3 is 5.32 Å². The number of halogens is 1. The van der Waals surface area contributed by atoms with Crippen LogP contribution in [-0.4, -0.2) is 16.2 Å². The van der Waals surface area contributed by atoms with Crippen LogP contribution in [-0.2, 0) is 0 Å². The van der Waals surface area contributed by atoms with Crippen LogP contribution in [0.4, 0.5) is 5.69 Å². The molecule has 0 amide bonds. The van der Waals surface area contributed by atoms with Gasteiger partial charge in [0.15, 0.2) is 0 Å². The van der Waals surface area contributed by atoms with Gasteiger partial charge >= 0.3 is 0 Å². The first-order valence-electron chi connectivity index (χ1n) is 6.18. The van der Waals surface area contributed by atoms with Gasteiger partial charge in [-0.05, 0) is 41.6 Å². The quantitative estimate of drug-likeness (QED) is 0.902. The summed E-state index contributed by atoms with van der Waals surface area (Å²) in [4.78, 5) is 11.4. The number of hydrogen-bond donors (Lipinski definition) is 2. The third-order valence-electron chi connectivity index (χ3n) is 3.54. The van der Waals surface area contributed by atoms with Crippen LogP contribution in [0.1, 0.15) is 39.0 Å². The van der Waals surface area contributed by atoms with Gasteiger partial charge in [-0.25, -0.2) is 5.10 Å². The molecule has 1 aliphatic carbocycles. The average Bonchev–Trinajstić information content (AvgIpc) is 2.36. The zero-order valence-corrected chi connectivity index (χ0v) is 11.6. The minimum atomic E-state index is -0.189. The smallest absolute Gasteiger partial charge is 0.280 e. The Kier molecular flexibility index (Phi) is 4.20. The van der Waals surface area contributed by atoms with Crippen LogP contribution in [0.25, 0.3) is 0 Å². The SMILES string of the molecule is CC(Nc1cn[nH]c(=O)c1Br)C1CCCCC1. The Labute approximate surface area is 109 Å². The number of nitrogens with zero attached hydrogens (tertiary/aromatic N) is 1. The van der Waals surface area contributed by atoms with E-state index < -0.39 is 0 Å². The van der Waals surface area contributed by atoms with E-state index in [9.17, 15) is 4.79 Å². The van der Waals surface area contributed by atoms with E-state index >= 15 is 0 Å². The fourth-order valence-corrected chi connectivity index (χ4v) is 2.79. The Bertz CT molecular complexity index is 426. The molecule has 1 unspecified atom stereocenters. The predicted molar refractivity (Wildman–Crippen MR) is 72.2 cm³/mol. The summed E-state index contributed by atoms with van der Waals surface area (Å²) in [5, 5.41) is 9.60. The fraction of sp³-hybridized carbons (Fsp3) is 0.667. The van der Waals surface area contributed by atoms with Crippen LogP contribution in [0.5, 0.6) is 0 Å². The van der Waals surface area contributed by atoms with E-state index in [1.807, 2.05) is 0 Å². The number of anilines is 1. The third-order valence-corrected chi connectivity index (χ3v) is 4.32. The van der Waals surface area contributed by atoms with Crippen molar-refractivity contribution in [3.8, 4) is 0 Å². The molecule has 2 N–H and O–H groups in total. The molecule has 0 spiro atoms. The second kappa shape index (κ2) is 5.67. The lowest BCUT2D eigenvalue weighted by molar-refractivity contribution is 0.328. The van der Waals surface area contributed by atoms with E-state index in [0.29, 0.717) is 16.4 Å². The molecule has 0 radical (unpaired) electrons. The lowest BCUT2D eigenvalue weighted by Gasteiger charge is -2.29. The Morgan fingerprint density at radius 2 is 2.18 bits per heavy atom. The third kappa shape index (κ3) is 3.09. The largest absolute Gasteiger partial charge is 0.380 e. The molecule has 4 nitrogen and oxygen atoms in total. The molecule has 0 aliphatic heterocycles. The molecule has 1 aromatic heterocycles. The fourth-order valence-electron chi connectivity index (χ4n) is 2.48. The summed E-state index contributed by atoms with van der Waals surface area (Å²) >= 11 is 3.29. The Morgan fingerprint density at radius 3 is 2.88 bits per heavy atom. The summed E-state index contributed by atoms with van der Waals surface area (Å²) in [5.74, 6) is 0.704. The summed E-state index contributed by atoms with van der Waals surface area (Å²) in [6, 6.07) is 0.384. The first-order valence-corrected chi connectivity index (χ1v) is 6.97. The molecular weight excluding hydrogens is 282 g/mol. The maximum Gasteiger partial charge on any atom is 0.280 e. The second-order valence-electron chi connectivity index (χ2n) is 4.76. The molecule has 1 aromatic rings. The number of rotatable bonds is 3. The van der Waals surface area contributed by atoms with Crippen molar-refractivity contribution < 1.29 is 0 Å². The van der Waals surface area contributed by atoms with E-state index in [-0.39, 0.29) is 5.56 Å². The molecule has 1 atom stereocenters. The zero-order valence-electron chi connectivity index (χ0n) is 10.0. The number of H-pyrrole nitrogens is 1. The van der Waals surface area contributed by atoms with E-state index in [1.165, 1.54) is 32.1 Å². The minimum Gasteiger partial charge on any atom is -0.380 e. The van der Waals surface area contributed by atoms with Gasteiger partial charge in [0.1, 0.15) is 4.47 Å². The molecule has 5 heteroatoms. The van der Waals surface area contributed by atoms with E-state index in [1.54, 1.807) is 6.20 Å². The van der Waals surface area contributed by atoms with Crippen LogP contribution >= 0.6 is 15.9 Å². The molecule has 0 bridgehead atoms.